The summed E-state index contributed by atoms with van der Waals surface area (Å²) in [5.41, 5.74) is -0.306. The molecule has 25 heavy (non-hydrogen) atoms. The fourth-order valence-electron chi connectivity index (χ4n) is 7.28. The molecule has 6 nitrogen and oxygen atoms in total. The van der Waals surface area contributed by atoms with Gasteiger partial charge in [-0.15, -0.1) is 0 Å². The average Bonchev–Trinajstić information content (AvgIpc) is 3.10. The summed E-state index contributed by atoms with van der Waals surface area (Å²) >= 11 is 0. The molecule has 0 unspecified atom stereocenters. The lowest BCUT2D eigenvalue weighted by atomic mass is 9.41. The second kappa shape index (κ2) is 4.12. The van der Waals surface area contributed by atoms with Gasteiger partial charge in [-0.3, -0.25) is 9.59 Å². The molecule has 4 aliphatic heterocycles. The standard InChI is InChI=1S/C19H22O6/c1-17-15-13(25-16(17)21)6-10-11(3-2-9-12(20)7-23-14(9)10)18(15)4-5-19(17,22)24-8-18/h10-11,13,15,22H,2-8H2,1H3/t10-,11-,13-,15+,17+,18+,19-/m1/s1. The Bertz CT molecular complexity index is 745. The zero-order chi connectivity index (χ0) is 17.2. The monoisotopic (exact) mass is 346 g/mol. The molecule has 5 fully saturated rings. The van der Waals surface area contributed by atoms with Crippen LogP contribution < -0.4 is 0 Å². The van der Waals surface area contributed by atoms with Gasteiger partial charge in [0.2, 0.25) is 0 Å². The van der Waals surface area contributed by atoms with E-state index in [1.165, 1.54) is 0 Å². The summed E-state index contributed by atoms with van der Waals surface area (Å²) in [6.45, 7) is 2.45. The molecule has 3 saturated heterocycles. The van der Waals surface area contributed by atoms with E-state index >= 15 is 0 Å². The maximum Gasteiger partial charge on any atom is 0.318 e. The van der Waals surface area contributed by atoms with Crippen molar-refractivity contribution in [2.24, 2.45) is 28.6 Å². The maximum absolute atomic E-state index is 12.8. The number of allylic oxidation sites excluding steroid dienone is 1. The van der Waals surface area contributed by atoms with Crippen LogP contribution in [0.15, 0.2) is 11.3 Å². The molecule has 1 spiro atoms. The van der Waals surface area contributed by atoms with E-state index in [0.717, 1.165) is 30.6 Å². The van der Waals surface area contributed by atoms with Gasteiger partial charge in [-0.1, -0.05) is 0 Å². The summed E-state index contributed by atoms with van der Waals surface area (Å²) in [6.07, 6.45) is 3.46. The Kier molecular flexibility index (Phi) is 2.43. The van der Waals surface area contributed by atoms with Crippen LogP contribution in [0.4, 0.5) is 0 Å². The van der Waals surface area contributed by atoms with Crippen molar-refractivity contribution in [1.29, 1.82) is 0 Å². The Morgan fingerprint density at radius 2 is 2.08 bits per heavy atom. The van der Waals surface area contributed by atoms with E-state index in [4.69, 9.17) is 14.2 Å². The van der Waals surface area contributed by atoms with Gasteiger partial charge in [0.1, 0.15) is 17.3 Å². The minimum atomic E-state index is -1.41. The largest absolute Gasteiger partial charge is 0.489 e. The van der Waals surface area contributed by atoms with Crippen LogP contribution in [0.25, 0.3) is 0 Å². The van der Waals surface area contributed by atoms with Gasteiger partial charge in [0.25, 0.3) is 0 Å². The van der Waals surface area contributed by atoms with Gasteiger partial charge >= 0.3 is 5.97 Å². The van der Waals surface area contributed by atoms with Crippen molar-refractivity contribution in [3.05, 3.63) is 11.3 Å². The number of carbonyl (C=O) groups is 2. The molecule has 2 bridgehead atoms. The number of carbonyl (C=O) groups excluding carboxylic acids is 2. The van der Waals surface area contributed by atoms with Gasteiger partial charge < -0.3 is 19.3 Å². The zero-order valence-corrected chi connectivity index (χ0v) is 14.2. The molecule has 4 heterocycles. The Hall–Kier alpha value is -1.40. The number of aliphatic hydroxyl groups is 1. The molecule has 0 aromatic carbocycles. The Labute approximate surface area is 145 Å². The third kappa shape index (κ3) is 1.37. The molecule has 6 heteroatoms. The van der Waals surface area contributed by atoms with Crippen molar-refractivity contribution in [1.82, 2.24) is 0 Å². The van der Waals surface area contributed by atoms with E-state index in [2.05, 4.69) is 0 Å². The molecule has 3 aliphatic carbocycles. The fourth-order valence-corrected chi connectivity index (χ4v) is 7.28. The molecule has 0 aromatic rings. The molecule has 1 N–H and O–H groups in total. The fraction of sp³-hybridized carbons (Fsp3) is 0.789. The van der Waals surface area contributed by atoms with Crippen LogP contribution in [-0.2, 0) is 23.8 Å². The summed E-state index contributed by atoms with van der Waals surface area (Å²) in [6, 6.07) is 0. The average molecular weight is 346 g/mol. The predicted octanol–water partition coefficient (Wildman–Crippen LogP) is 1.32. The number of esters is 1. The normalized spacial score (nSPS) is 55.4. The number of fused-ring (bicyclic) bond motifs is 4. The quantitative estimate of drug-likeness (QED) is 0.666. The molecule has 7 aliphatic rings. The van der Waals surface area contributed by atoms with Gasteiger partial charge in [0.15, 0.2) is 18.2 Å². The van der Waals surface area contributed by atoms with Gasteiger partial charge in [-0.05, 0) is 38.5 Å². The van der Waals surface area contributed by atoms with Crippen molar-refractivity contribution in [2.75, 3.05) is 13.2 Å². The Morgan fingerprint density at radius 1 is 1.24 bits per heavy atom. The Morgan fingerprint density at radius 3 is 2.84 bits per heavy atom. The summed E-state index contributed by atoms with van der Waals surface area (Å²) < 4.78 is 17.5. The van der Waals surface area contributed by atoms with E-state index in [0.29, 0.717) is 25.4 Å². The second-order valence-electron chi connectivity index (χ2n) is 8.97. The van der Waals surface area contributed by atoms with Crippen LogP contribution in [-0.4, -0.2) is 42.0 Å². The molecule has 134 valence electrons. The number of ether oxygens (including phenoxy) is 3. The highest BCUT2D eigenvalue weighted by Gasteiger charge is 2.79. The topological polar surface area (TPSA) is 82.1 Å². The van der Waals surface area contributed by atoms with Crippen molar-refractivity contribution in [2.45, 2.75) is 50.9 Å². The lowest BCUT2D eigenvalue weighted by molar-refractivity contribution is -0.376. The van der Waals surface area contributed by atoms with Crippen LogP contribution in [0.5, 0.6) is 0 Å². The minimum Gasteiger partial charge on any atom is -0.489 e. The molecule has 0 radical (unpaired) electrons. The number of hydrogen-bond acceptors (Lipinski definition) is 6. The van der Waals surface area contributed by atoms with Crippen molar-refractivity contribution in [3.63, 3.8) is 0 Å². The van der Waals surface area contributed by atoms with Crippen LogP contribution >= 0.6 is 0 Å². The lowest BCUT2D eigenvalue weighted by Gasteiger charge is -2.66. The summed E-state index contributed by atoms with van der Waals surface area (Å²) in [7, 11) is 0. The molecule has 0 aromatic heterocycles. The summed E-state index contributed by atoms with van der Waals surface area (Å²) in [5.74, 6) is -0.344. The van der Waals surface area contributed by atoms with Gasteiger partial charge in [-0.25, -0.2) is 0 Å². The van der Waals surface area contributed by atoms with Crippen molar-refractivity contribution in [3.8, 4) is 0 Å². The SMILES string of the molecule is C[C@]12C(=O)O[C@@H]3C[C@H]4C5=C(CC[C@H]4[C@@]4(CC[C@@]1(O)OC4)[C@@H]32)C(=O)CO5. The third-order valence-electron chi connectivity index (χ3n) is 8.36. The Balaban J connectivity index is 1.52. The minimum absolute atomic E-state index is 0.0134. The van der Waals surface area contributed by atoms with Gasteiger partial charge in [0.05, 0.1) is 6.61 Å². The highest BCUT2D eigenvalue weighted by molar-refractivity contribution is 5.99. The first kappa shape index (κ1) is 14.7. The van der Waals surface area contributed by atoms with Crippen LogP contribution in [0.1, 0.15) is 39.0 Å². The highest BCUT2D eigenvalue weighted by atomic mass is 16.6. The molecule has 0 amide bonds. The first-order valence-electron chi connectivity index (χ1n) is 9.37. The first-order valence-corrected chi connectivity index (χ1v) is 9.37. The number of ketones is 1. The van der Waals surface area contributed by atoms with Gasteiger partial charge in [-0.2, -0.15) is 0 Å². The lowest BCUT2D eigenvalue weighted by Crippen LogP contribution is -2.72. The zero-order valence-electron chi connectivity index (χ0n) is 14.2. The molecular weight excluding hydrogens is 324 g/mol. The molecule has 7 atom stereocenters. The predicted molar refractivity (Wildman–Crippen MR) is 82.9 cm³/mol. The van der Waals surface area contributed by atoms with Crippen molar-refractivity contribution < 1.29 is 28.9 Å². The van der Waals surface area contributed by atoms with E-state index in [-0.39, 0.29) is 41.7 Å². The smallest absolute Gasteiger partial charge is 0.318 e. The second-order valence-corrected chi connectivity index (χ2v) is 8.97. The van der Waals surface area contributed by atoms with Crippen LogP contribution in [0.3, 0.4) is 0 Å². The third-order valence-corrected chi connectivity index (χ3v) is 8.36. The van der Waals surface area contributed by atoms with Crippen LogP contribution in [0.2, 0.25) is 0 Å². The van der Waals surface area contributed by atoms with E-state index in [9.17, 15) is 14.7 Å². The first-order chi connectivity index (χ1) is 11.9. The number of Topliss-reactive ketones (excluding diaryl/α,β-unsaturated/α-hetero) is 1. The molecule has 2 saturated carbocycles. The van der Waals surface area contributed by atoms with Crippen molar-refractivity contribution >= 4 is 11.8 Å². The summed E-state index contributed by atoms with van der Waals surface area (Å²) in [4.78, 5) is 24.9. The van der Waals surface area contributed by atoms with E-state index in [1.54, 1.807) is 0 Å². The molecular formula is C19H22O6. The number of rotatable bonds is 0. The van der Waals surface area contributed by atoms with Crippen LogP contribution in [0, 0.1) is 28.6 Å². The molecule has 7 rings (SSSR count). The highest BCUT2D eigenvalue weighted by Crippen LogP contribution is 2.73. The van der Waals surface area contributed by atoms with Gasteiger partial charge in [0, 0.05) is 29.2 Å². The van der Waals surface area contributed by atoms with E-state index < -0.39 is 11.2 Å². The summed E-state index contributed by atoms with van der Waals surface area (Å²) in [5, 5.41) is 11.0. The van der Waals surface area contributed by atoms with E-state index in [1.807, 2.05) is 6.92 Å². The number of hydrogen-bond donors (Lipinski definition) is 1. The maximum atomic E-state index is 12.8.